The van der Waals surface area contributed by atoms with Crippen molar-refractivity contribution in [1.29, 1.82) is 0 Å². The van der Waals surface area contributed by atoms with Gasteiger partial charge in [-0.1, -0.05) is 30.3 Å². The van der Waals surface area contributed by atoms with Crippen molar-refractivity contribution in [3.05, 3.63) is 89.9 Å². The molecule has 282 valence electrons. The number of imidazole rings is 1. The second-order valence-corrected chi connectivity index (χ2v) is 13.6. The van der Waals surface area contributed by atoms with Crippen LogP contribution in [0.15, 0.2) is 66.9 Å². The Labute approximate surface area is 305 Å². The first-order chi connectivity index (χ1) is 25.6. The molecule has 3 amide bonds. The molecule has 3 aliphatic rings. The molecule has 0 spiro atoms. The Balaban J connectivity index is 1.29. The van der Waals surface area contributed by atoms with Gasteiger partial charge in [0.15, 0.2) is 5.78 Å². The number of aliphatic hydroxyl groups is 1. The Hall–Kier alpha value is -4.99. The molecule has 1 aromatic heterocycles. The highest BCUT2D eigenvalue weighted by Crippen LogP contribution is 2.38. The van der Waals surface area contributed by atoms with Crippen LogP contribution in [0.3, 0.4) is 0 Å². The maximum Gasteiger partial charge on any atom is 0.407 e. The molecule has 3 aliphatic heterocycles. The lowest BCUT2D eigenvalue weighted by atomic mass is 9.88. The Morgan fingerprint density at radius 2 is 1.89 bits per heavy atom. The standard InChI is InChI=1S/C38H44F2N6O7/c1-24(47)37(50)46(21-27-18-41-19-33(27)53-38(51)42-13-14-44-22-29(48)8-10-34(44)49)35(26-11-15-52-16-12-26)36-43-32(30-17-28(39)7-9-31(30)40)23-45(36)20-25-5-3-2-4-6-25/h2-10,17,23-24,26-27,33,35,41,47H,11-16,18-22H2,1H3,(H,42,51)/t24-,27-,33+,35+/m0/s1. The summed E-state index contributed by atoms with van der Waals surface area (Å²) in [5, 5.41) is 16.6. The molecule has 0 unspecified atom stereocenters. The third-order valence-corrected chi connectivity index (χ3v) is 9.85. The minimum Gasteiger partial charge on any atom is -0.444 e. The van der Waals surface area contributed by atoms with Gasteiger partial charge in [-0.3, -0.25) is 14.4 Å². The molecule has 0 radical (unpaired) electrons. The van der Waals surface area contributed by atoms with Gasteiger partial charge in [0.2, 0.25) is 5.91 Å². The van der Waals surface area contributed by atoms with Crippen LogP contribution in [0.4, 0.5) is 13.6 Å². The number of halogens is 2. The molecule has 15 heteroatoms. The van der Waals surface area contributed by atoms with E-state index in [4.69, 9.17) is 14.5 Å². The summed E-state index contributed by atoms with van der Waals surface area (Å²) in [5.74, 6) is -2.48. The van der Waals surface area contributed by atoms with E-state index in [9.17, 15) is 28.7 Å². The first-order valence-electron chi connectivity index (χ1n) is 17.8. The smallest absolute Gasteiger partial charge is 0.407 e. The average Bonchev–Trinajstić information content (AvgIpc) is 3.77. The van der Waals surface area contributed by atoms with Crippen LogP contribution in [0.1, 0.15) is 37.2 Å². The van der Waals surface area contributed by atoms with E-state index in [-0.39, 0.29) is 55.0 Å². The largest absolute Gasteiger partial charge is 0.444 e. The Bertz CT molecular complexity index is 1810. The van der Waals surface area contributed by atoms with Crippen molar-refractivity contribution in [2.24, 2.45) is 11.8 Å². The molecular weight excluding hydrogens is 690 g/mol. The lowest BCUT2D eigenvalue weighted by molar-refractivity contribution is -0.145. The third kappa shape index (κ3) is 9.33. The van der Waals surface area contributed by atoms with Gasteiger partial charge in [-0.25, -0.2) is 18.6 Å². The van der Waals surface area contributed by atoms with E-state index >= 15 is 4.39 Å². The maximum atomic E-state index is 15.2. The second kappa shape index (κ2) is 17.2. The fourth-order valence-electron chi connectivity index (χ4n) is 7.14. The predicted molar refractivity (Wildman–Crippen MR) is 188 cm³/mol. The highest BCUT2D eigenvalue weighted by molar-refractivity contribution is 6.04. The number of hydrogen-bond acceptors (Lipinski definition) is 9. The number of amides is 3. The molecule has 2 fully saturated rings. The lowest BCUT2D eigenvalue weighted by Gasteiger charge is -2.40. The van der Waals surface area contributed by atoms with Crippen LogP contribution in [0.2, 0.25) is 0 Å². The lowest BCUT2D eigenvalue weighted by Crippen LogP contribution is -2.49. The van der Waals surface area contributed by atoms with Crippen LogP contribution >= 0.6 is 0 Å². The van der Waals surface area contributed by atoms with E-state index in [1.165, 1.54) is 24.0 Å². The van der Waals surface area contributed by atoms with Crippen LogP contribution in [0, 0.1) is 23.5 Å². The van der Waals surface area contributed by atoms with Crippen LogP contribution in [-0.2, 0) is 30.4 Å². The minimum absolute atomic E-state index is 0.0237. The van der Waals surface area contributed by atoms with Crippen LogP contribution in [0.5, 0.6) is 0 Å². The van der Waals surface area contributed by atoms with E-state index in [1.54, 1.807) is 11.1 Å². The van der Waals surface area contributed by atoms with Crippen molar-refractivity contribution in [2.45, 2.75) is 44.6 Å². The summed E-state index contributed by atoms with van der Waals surface area (Å²) in [4.78, 5) is 58.6. The van der Waals surface area contributed by atoms with Crippen molar-refractivity contribution in [3.8, 4) is 11.3 Å². The molecule has 2 saturated heterocycles. The molecule has 13 nitrogen and oxygen atoms in total. The normalized spacial score (nSPS) is 20.3. The van der Waals surface area contributed by atoms with Crippen LogP contribution in [0.25, 0.3) is 11.3 Å². The van der Waals surface area contributed by atoms with Crippen molar-refractivity contribution >= 4 is 23.7 Å². The molecule has 0 saturated carbocycles. The Kier molecular flexibility index (Phi) is 12.3. The number of aliphatic hydroxyl groups excluding tert-OH is 1. The van der Waals surface area contributed by atoms with Gasteiger partial charge in [-0.05, 0) is 55.5 Å². The summed E-state index contributed by atoms with van der Waals surface area (Å²) < 4.78 is 43.0. The number of benzene rings is 2. The molecular formula is C38H44F2N6O7. The van der Waals surface area contributed by atoms with Crippen molar-refractivity contribution in [1.82, 2.24) is 30.0 Å². The number of hydrogen-bond donors (Lipinski definition) is 3. The van der Waals surface area contributed by atoms with E-state index < -0.39 is 47.8 Å². The Morgan fingerprint density at radius 1 is 1.11 bits per heavy atom. The molecule has 6 rings (SSSR count). The fourth-order valence-corrected chi connectivity index (χ4v) is 7.14. The quantitative estimate of drug-likeness (QED) is 0.241. The van der Waals surface area contributed by atoms with Gasteiger partial charge < -0.3 is 39.6 Å². The molecule has 3 aromatic rings. The SMILES string of the molecule is C[C@H](O)C(=O)N(C[C@@H]1CNC[C@H]1OC(=O)NCCN1CC(=O)C=CC1=O)[C@@H](c1nc(-c2cc(F)ccc2F)cn1Cc1ccccc1)C1CCOCC1. The highest BCUT2D eigenvalue weighted by Gasteiger charge is 2.42. The highest BCUT2D eigenvalue weighted by atomic mass is 19.1. The van der Waals surface area contributed by atoms with Gasteiger partial charge in [-0.15, -0.1) is 0 Å². The number of ketones is 1. The number of rotatable bonds is 13. The summed E-state index contributed by atoms with van der Waals surface area (Å²) in [5.41, 5.74) is 1.09. The number of nitrogens with one attached hydrogen (secondary N) is 2. The number of aromatic nitrogens is 2. The molecule has 4 atom stereocenters. The molecule has 4 heterocycles. The fraction of sp³-hybridized carbons (Fsp3) is 0.447. The van der Waals surface area contributed by atoms with Gasteiger partial charge in [-0.2, -0.15) is 0 Å². The van der Waals surface area contributed by atoms with Crippen molar-refractivity contribution < 1.29 is 42.5 Å². The number of alkyl carbamates (subject to hydrolysis) is 1. The van der Waals surface area contributed by atoms with E-state index in [0.29, 0.717) is 51.5 Å². The number of ether oxygens (including phenoxy) is 2. The summed E-state index contributed by atoms with van der Waals surface area (Å²) >= 11 is 0. The number of carbonyl (C=O) groups is 4. The van der Waals surface area contributed by atoms with Crippen LogP contribution in [-0.4, -0.2) is 113 Å². The molecule has 0 aliphatic carbocycles. The summed E-state index contributed by atoms with van der Waals surface area (Å²) in [6.45, 7) is 3.50. The monoisotopic (exact) mass is 734 g/mol. The van der Waals surface area contributed by atoms with Gasteiger partial charge in [0.1, 0.15) is 29.7 Å². The van der Waals surface area contributed by atoms with Gasteiger partial charge in [0.05, 0.1) is 18.3 Å². The van der Waals surface area contributed by atoms with Gasteiger partial charge in [0, 0.05) is 76.2 Å². The molecule has 0 bridgehead atoms. The van der Waals surface area contributed by atoms with Crippen molar-refractivity contribution in [2.75, 3.05) is 52.5 Å². The second-order valence-electron chi connectivity index (χ2n) is 13.6. The number of carbonyl (C=O) groups excluding carboxylic acids is 4. The zero-order valence-electron chi connectivity index (χ0n) is 29.5. The predicted octanol–water partition coefficient (Wildman–Crippen LogP) is 2.84. The summed E-state index contributed by atoms with van der Waals surface area (Å²) in [6.07, 6.45) is 2.47. The van der Waals surface area contributed by atoms with Gasteiger partial charge >= 0.3 is 6.09 Å². The average molecular weight is 735 g/mol. The molecule has 53 heavy (non-hydrogen) atoms. The summed E-state index contributed by atoms with van der Waals surface area (Å²) in [6, 6.07) is 12.0. The topological polar surface area (TPSA) is 155 Å². The molecule has 3 N–H and O–H groups in total. The van der Waals surface area contributed by atoms with Crippen molar-refractivity contribution in [3.63, 3.8) is 0 Å². The van der Waals surface area contributed by atoms with E-state index in [2.05, 4.69) is 10.6 Å². The summed E-state index contributed by atoms with van der Waals surface area (Å²) in [7, 11) is 0. The Morgan fingerprint density at radius 3 is 2.64 bits per heavy atom. The number of nitrogens with zero attached hydrogens (tertiary/aromatic N) is 4. The zero-order valence-corrected chi connectivity index (χ0v) is 29.5. The zero-order chi connectivity index (χ0) is 37.5. The maximum absolute atomic E-state index is 15.2. The molecule has 2 aromatic carbocycles. The first-order valence-corrected chi connectivity index (χ1v) is 17.8. The van der Waals surface area contributed by atoms with Gasteiger partial charge in [0.25, 0.3) is 5.91 Å². The first kappa shape index (κ1) is 37.8. The minimum atomic E-state index is -1.38. The van der Waals surface area contributed by atoms with E-state index in [1.807, 2.05) is 34.9 Å². The van der Waals surface area contributed by atoms with E-state index in [0.717, 1.165) is 23.8 Å². The third-order valence-electron chi connectivity index (χ3n) is 9.85. The van der Waals surface area contributed by atoms with Crippen LogP contribution < -0.4 is 10.6 Å².